The van der Waals surface area contributed by atoms with Crippen LogP contribution in [0.5, 0.6) is 0 Å². The summed E-state index contributed by atoms with van der Waals surface area (Å²) in [5.74, 6) is -1.60. The van der Waals surface area contributed by atoms with Crippen molar-refractivity contribution in [3.05, 3.63) is 53.6 Å². The summed E-state index contributed by atoms with van der Waals surface area (Å²) in [6, 6.07) is 4.21. The van der Waals surface area contributed by atoms with Crippen molar-refractivity contribution in [3.8, 4) is 0 Å². The smallest absolute Gasteiger partial charge is 0.163 e. The van der Waals surface area contributed by atoms with Crippen LogP contribution >= 0.6 is 0 Å². The standard InChI is InChI=1S/C14H17F2N3/c1-2-17-7-6-12-9-19(10-18-12)8-11-4-3-5-13(15)14(11)16/h3-5,9-10,17H,2,6-8H2,1H3. The molecule has 0 saturated carbocycles. The van der Waals surface area contributed by atoms with E-state index in [0.29, 0.717) is 5.56 Å². The fourth-order valence-electron chi connectivity index (χ4n) is 1.88. The third-order valence-corrected chi connectivity index (χ3v) is 2.88. The first-order chi connectivity index (χ1) is 9.20. The van der Waals surface area contributed by atoms with E-state index in [1.54, 1.807) is 17.0 Å². The van der Waals surface area contributed by atoms with Crippen LogP contribution in [-0.4, -0.2) is 22.6 Å². The number of imidazole rings is 1. The lowest BCUT2D eigenvalue weighted by Crippen LogP contribution is -2.16. The highest BCUT2D eigenvalue weighted by Gasteiger charge is 2.08. The summed E-state index contributed by atoms with van der Waals surface area (Å²) >= 11 is 0. The SMILES string of the molecule is CCNCCc1cn(Cc2cccc(F)c2F)cn1. The van der Waals surface area contributed by atoms with Crippen molar-refractivity contribution in [3.63, 3.8) is 0 Å². The van der Waals surface area contributed by atoms with Crippen LogP contribution in [0.2, 0.25) is 0 Å². The van der Waals surface area contributed by atoms with Crippen LogP contribution < -0.4 is 5.32 Å². The molecule has 1 aromatic carbocycles. The Labute approximate surface area is 111 Å². The molecule has 1 heterocycles. The molecule has 0 saturated heterocycles. The molecule has 0 aliphatic carbocycles. The molecular weight excluding hydrogens is 248 g/mol. The molecule has 19 heavy (non-hydrogen) atoms. The molecule has 2 aromatic rings. The average Bonchev–Trinajstić information content (AvgIpc) is 2.83. The van der Waals surface area contributed by atoms with Crippen molar-refractivity contribution < 1.29 is 8.78 Å². The van der Waals surface area contributed by atoms with Crippen LogP contribution in [0.3, 0.4) is 0 Å². The van der Waals surface area contributed by atoms with E-state index in [-0.39, 0.29) is 6.54 Å². The molecule has 0 aliphatic rings. The highest BCUT2D eigenvalue weighted by molar-refractivity contribution is 5.19. The minimum Gasteiger partial charge on any atom is -0.333 e. The minimum atomic E-state index is -0.815. The summed E-state index contributed by atoms with van der Waals surface area (Å²) < 4.78 is 28.4. The van der Waals surface area contributed by atoms with Crippen molar-refractivity contribution in [2.45, 2.75) is 19.9 Å². The molecule has 1 aromatic heterocycles. The molecule has 0 amide bonds. The average molecular weight is 265 g/mol. The van der Waals surface area contributed by atoms with Crippen molar-refractivity contribution in [2.24, 2.45) is 0 Å². The van der Waals surface area contributed by atoms with E-state index in [1.807, 2.05) is 13.1 Å². The second-order valence-corrected chi connectivity index (χ2v) is 4.35. The normalized spacial score (nSPS) is 10.9. The number of hydrogen-bond donors (Lipinski definition) is 1. The molecular formula is C14H17F2N3. The maximum atomic E-state index is 13.5. The molecule has 0 bridgehead atoms. The lowest BCUT2D eigenvalue weighted by Gasteiger charge is -2.04. The van der Waals surface area contributed by atoms with Gasteiger partial charge in [0, 0.05) is 24.7 Å². The van der Waals surface area contributed by atoms with Gasteiger partial charge in [-0.1, -0.05) is 19.1 Å². The molecule has 102 valence electrons. The van der Waals surface area contributed by atoms with Gasteiger partial charge in [-0.25, -0.2) is 13.8 Å². The van der Waals surface area contributed by atoms with E-state index in [9.17, 15) is 8.78 Å². The summed E-state index contributed by atoms with van der Waals surface area (Å²) in [6.07, 6.45) is 4.33. The van der Waals surface area contributed by atoms with E-state index in [2.05, 4.69) is 10.3 Å². The van der Waals surface area contributed by atoms with Gasteiger partial charge in [0.25, 0.3) is 0 Å². The maximum absolute atomic E-state index is 13.5. The minimum absolute atomic E-state index is 0.289. The van der Waals surface area contributed by atoms with Crippen LogP contribution in [0, 0.1) is 11.6 Å². The number of nitrogens with zero attached hydrogens (tertiary/aromatic N) is 2. The zero-order chi connectivity index (χ0) is 13.7. The Morgan fingerprint density at radius 3 is 2.95 bits per heavy atom. The van der Waals surface area contributed by atoms with Crippen molar-refractivity contribution >= 4 is 0 Å². The van der Waals surface area contributed by atoms with Crippen LogP contribution in [0.25, 0.3) is 0 Å². The van der Waals surface area contributed by atoms with Crippen LogP contribution in [-0.2, 0) is 13.0 Å². The number of halogens is 2. The van der Waals surface area contributed by atoms with E-state index >= 15 is 0 Å². The lowest BCUT2D eigenvalue weighted by molar-refractivity contribution is 0.495. The zero-order valence-corrected chi connectivity index (χ0v) is 10.9. The van der Waals surface area contributed by atoms with E-state index in [1.165, 1.54) is 6.07 Å². The molecule has 1 N–H and O–H groups in total. The topological polar surface area (TPSA) is 29.9 Å². The first-order valence-corrected chi connectivity index (χ1v) is 6.35. The number of benzene rings is 1. The number of hydrogen-bond acceptors (Lipinski definition) is 2. The molecule has 3 nitrogen and oxygen atoms in total. The van der Waals surface area contributed by atoms with Crippen LogP contribution in [0.1, 0.15) is 18.2 Å². The van der Waals surface area contributed by atoms with Gasteiger partial charge in [-0.05, 0) is 12.6 Å². The molecule has 0 aliphatic heterocycles. The van der Waals surface area contributed by atoms with Gasteiger partial charge >= 0.3 is 0 Å². The summed E-state index contributed by atoms with van der Waals surface area (Å²) in [6.45, 7) is 4.13. The van der Waals surface area contributed by atoms with Gasteiger partial charge in [0.1, 0.15) is 0 Å². The molecule has 2 rings (SSSR count). The Morgan fingerprint density at radius 1 is 1.32 bits per heavy atom. The molecule has 5 heteroatoms. The number of likely N-dealkylation sites (N-methyl/N-ethyl adjacent to an activating group) is 1. The first kappa shape index (κ1) is 13.7. The molecule has 0 fully saturated rings. The number of aromatic nitrogens is 2. The van der Waals surface area contributed by atoms with Gasteiger partial charge in [-0.2, -0.15) is 0 Å². The number of rotatable bonds is 6. The fourth-order valence-corrected chi connectivity index (χ4v) is 1.88. The first-order valence-electron chi connectivity index (χ1n) is 6.35. The van der Waals surface area contributed by atoms with Crippen molar-refractivity contribution in [1.29, 1.82) is 0 Å². The fraction of sp³-hybridized carbons (Fsp3) is 0.357. The van der Waals surface area contributed by atoms with Gasteiger partial charge in [0.15, 0.2) is 11.6 Å². The summed E-state index contributed by atoms with van der Waals surface area (Å²) in [5, 5.41) is 3.21. The highest BCUT2D eigenvalue weighted by atomic mass is 19.2. The quantitative estimate of drug-likeness (QED) is 0.813. The summed E-state index contributed by atoms with van der Waals surface area (Å²) in [7, 11) is 0. The highest BCUT2D eigenvalue weighted by Crippen LogP contribution is 2.13. The Bertz CT molecular complexity index is 537. The van der Waals surface area contributed by atoms with Gasteiger partial charge in [-0.3, -0.25) is 0 Å². The second kappa shape index (κ2) is 6.43. The molecule has 0 unspecified atom stereocenters. The maximum Gasteiger partial charge on any atom is 0.163 e. The molecule has 0 atom stereocenters. The zero-order valence-electron chi connectivity index (χ0n) is 10.9. The van der Waals surface area contributed by atoms with E-state index < -0.39 is 11.6 Å². The van der Waals surface area contributed by atoms with Crippen molar-refractivity contribution in [1.82, 2.24) is 14.9 Å². The third-order valence-electron chi connectivity index (χ3n) is 2.88. The number of nitrogens with one attached hydrogen (secondary N) is 1. The molecule has 0 radical (unpaired) electrons. The molecule has 0 spiro atoms. The predicted octanol–water partition coefficient (Wildman–Crippen LogP) is 2.36. The van der Waals surface area contributed by atoms with Crippen LogP contribution in [0.4, 0.5) is 8.78 Å². The largest absolute Gasteiger partial charge is 0.333 e. The van der Waals surface area contributed by atoms with Gasteiger partial charge < -0.3 is 9.88 Å². The Balaban J connectivity index is 2.01. The second-order valence-electron chi connectivity index (χ2n) is 4.35. The Morgan fingerprint density at radius 2 is 2.16 bits per heavy atom. The van der Waals surface area contributed by atoms with E-state index in [0.717, 1.165) is 31.3 Å². The van der Waals surface area contributed by atoms with E-state index in [4.69, 9.17) is 0 Å². The third kappa shape index (κ3) is 3.61. The Hall–Kier alpha value is -1.75. The Kier molecular flexibility index (Phi) is 4.63. The lowest BCUT2D eigenvalue weighted by atomic mass is 10.2. The summed E-state index contributed by atoms with van der Waals surface area (Å²) in [5.41, 5.74) is 1.27. The summed E-state index contributed by atoms with van der Waals surface area (Å²) in [4.78, 5) is 4.24. The predicted molar refractivity (Wildman–Crippen MR) is 69.9 cm³/mol. The van der Waals surface area contributed by atoms with Crippen molar-refractivity contribution in [2.75, 3.05) is 13.1 Å². The van der Waals surface area contributed by atoms with Gasteiger partial charge in [-0.15, -0.1) is 0 Å². The van der Waals surface area contributed by atoms with Gasteiger partial charge in [0.05, 0.1) is 18.6 Å². The van der Waals surface area contributed by atoms with Gasteiger partial charge in [0.2, 0.25) is 0 Å². The van der Waals surface area contributed by atoms with Crippen LogP contribution in [0.15, 0.2) is 30.7 Å². The monoisotopic (exact) mass is 265 g/mol.